The normalized spacial score (nSPS) is 15.8. The smallest absolute Gasteiger partial charge is 0.277 e. The van der Waals surface area contributed by atoms with Crippen LogP contribution in [0.3, 0.4) is 0 Å². The topological polar surface area (TPSA) is 68.0 Å². The van der Waals surface area contributed by atoms with E-state index in [0.29, 0.717) is 17.7 Å². The Morgan fingerprint density at radius 2 is 2.38 bits per heavy atom. The number of nitrogens with one attached hydrogen (secondary N) is 1. The van der Waals surface area contributed by atoms with E-state index in [4.69, 9.17) is 4.42 Å². The lowest BCUT2D eigenvalue weighted by molar-refractivity contribution is -0.120. The van der Waals surface area contributed by atoms with E-state index in [1.54, 1.807) is 11.3 Å². The van der Waals surface area contributed by atoms with Crippen molar-refractivity contribution in [1.82, 2.24) is 15.5 Å². The summed E-state index contributed by atoms with van der Waals surface area (Å²) < 4.78 is 5.61. The highest BCUT2D eigenvalue weighted by atomic mass is 32.2. The zero-order valence-electron chi connectivity index (χ0n) is 13.7. The SMILES string of the molecule is C[C@@H](Sc1nnc(-c2cccs2)o1)C(=O)NCCC1=CCCCC1. The Balaban J connectivity index is 1.45. The van der Waals surface area contributed by atoms with Gasteiger partial charge < -0.3 is 9.73 Å². The molecule has 0 unspecified atom stereocenters. The van der Waals surface area contributed by atoms with Crippen LogP contribution in [-0.2, 0) is 4.79 Å². The van der Waals surface area contributed by atoms with Crippen LogP contribution in [0.5, 0.6) is 0 Å². The Bertz CT molecular complexity index is 695. The van der Waals surface area contributed by atoms with E-state index < -0.39 is 0 Å². The van der Waals surface area contributed by atoms with Crippen LogP contribution in [-0.4, -0.2) is 27.9 Å². The lowest BCUT2D eigenvalue weighted by Crippen LogP contribution is -2.31. The van der Waals surface area contributed by atoms with Gasteiger partial charge in [-0.15, -0.1) is 21.5 Å². The fourth-order valence-electron chi connectivity index (χ4n) is 2.58. The Morgan fingerprint density at radius 1 is 1.46 bits per heavy atom. The molecule has 1 aliphatic rings. The van der Waals surface area contributed by atoms with Gasteiger partial charge in [0.25, 0.3) is 11.1 Å². The number of thioether (sulfide) groups is 1. The highest BCUT2D eigenvalue weighted by molar-refractivity contribution is 8.00. The van der Waals surface area contributed by atoms with Crippen LogP contribution in [0.15, 0.2) is 38.8 Å². The Labute approximate surface area is 149 Å². The van der Waals surface area contributed by atoms with Gasteiger partial charge in [-0.1, -0.05) is 29.5 Å². The number of thiophene rings is 1. The predicted molar refractivity (Wildman–Crippen MR) is 97.1 cm³/mol. The van der Waals surface area contributed by atoms with Gasteiger partial charge in [0.15, 0.2) is 0 Å². The number of carbonyl (C=O) groups excluding carboxylic acids is 1. The maximum atomic E-state index is 12.2. The highest BCUT2D eigenvalue weighted by Crippen LogP contribution is 2.28. The van der Waals surface area contributed by atoms with Crippen LogP contribution in [0.25, 0.3) is 10.8 Å². The zero-order valence-corrected chi connectivity index (χ0v) is 15.3. The van der Waals surface area contributed by atoms with Crippen molar-refractivity contribution in [3.8, 4) is 10.8 Å². The molecule has 1 amide bonds. The molecule has 1 aliphatic carbocycles. The van der Waals surface area contributed by atoms with E-state index >= 15 is 0 Å². The van der Waals surface area contributed by atoms with Crippen molar-refractivity contribution in [3.05, 3.63) is 29.2 Å². The van der Waals surface area contributed by atoms with Gasteiger partial charge in [-0.05, 0) is 50.5 Å². The number of aromatic nitrogens is 2. The van der Waals surface area contributed by atoms with Gasteiger partial charge in [0, 0.05) is 6.54 Å². The van der Waals surface area contributed by atoms with Crippen molar-refractivity contribution < 1.29 is 9.21 Å². The van der Waals surface area contributed by atoms with Crippen LogP contribution in [0.2, 0.25) is 0 Å². The number of hydrogen-bond donors (Lipinski definition) is 1. The summed E-state index contributed by atoms with van der Waals surface area (Å²) in [4.78, 5) is 13.1. The Morgan fingerprint density at radius 3 is 3.12 bits per heavy atom. The second kappa shape index (κ2) is 8.48. The number of amides is 1. The summed E-state index contributed by atoms with van der Waals surface area (Å²) >= 11 is 2.84. The molecule has 0 radical (unpaired) electrons. The molecule has 0 aliphatic heterocycles. The molecule has 0 saturated heterocycles. The molecule has 2 aromatic heterocycles. The summed E-state index contributed by atoms with van der Waals surface area (Å²) in [6.45, 7) is 2.55. The predicted octanol–water partition coefficient (Wildman–Crippen LogP) is 4.29. The van der Waals surface area contributed by atoms with Gasteiger partial charge in [0.1, 0.15) is 0 Å². The number of nitrogens with zero attached hydrogens (tertiary/aromatic N) is 2. The quantitative estimate of drug-likeness (QED) is 0.587. The maximum Gasteiger partial charge on any atom is 0.277 e. The van der Waals surface area contributed by atoms with Crippen molar-refractivity contribution in [2.24, 2.45) is 0 Å². The van der Waals surface area contributed by atoms with Gasteiger partial charge >= 0.3 is 0 Å². The lowest BCUT2D eigenvalue weighted by atomic mass is 9.97. The third kappa shape index (κ3) is 4.70. The summed E-state index contributed by atoms with van der Waals surface area (Å²) in [5.41, 5.74) is 1.47. The third-order valence-electron chi connectivity index (χ3n) is 3.92. The second-order valence-corrected chi connectivity index (χ2v) is 8.00. The van der Waals surface area contributed by atoms with Crippen LogP contribution in [0.4, 0.5) is 0 Å². The minimum absolute atomic E-state index is 0.00674. The summed E-state index contributed by atoms with van der Waals surface area (Å²) in [5, 5.41) is 13.2. The molecule has 2 heterocycles. The van der Waals surface area contributed by atoms with E-state index in [0.717, 1.165) is 11.3 Å². The molecule has 24 heavy (non-hydrogen) atoms. The summed E-state index contributed by atoms with van der Waals surface area (Å²) in [6.07, 6.45) is 8.19. The number of hydrogen-bond acceptors (Lipinski definition) is 6. The minimum Gasteiger partial charge on any atom is -0.410 e. The Hall–Kier alpha value is -1.60. The van der Waals surface area contributed by atoms with E-state index in [9.17, 15) is 4.79 Å². The minimum atomic E-state index is -0.262. The maximum absolute atomic E-state index is 12.2. The summed E-state index contributed by atoms with van der Waals surface area (Å²) in [5.74, 6) is 0.511. The number of rotatable bonds is 7. The highest BCUT2D eigenvalue weighted by Gasteiger charge is 2.18. The summed E-state index contributed by atoms with van der Waals surface area (Å²) in [6, 6.07) is 3.87. The molecule has 128 valence electrons. The largest absolute Gasteiger partial charge is 0.410 e. The van der Waals surface area contributed by atoms with Gasteiger partial charge in [-0.3, -0.25) is 4.79 Å². The first kappa shape index (κ1) is 17.2. The van der Waals surface area contributed by atoms with E-state index in [2.05, 4.69) is 21.6 Å². The van der Waals surface area contributed by atoms with E-state index in [1.165, 1.54) is 43.0 Å². The molecule has 1 atom stereocenters. The van der Waals surface area contributed by atoms with Gasteiger partial charge in [-0.2, -0.15) is 0 Å². The van der Waals surface area contributed by atoms with Crippen molar-refractivity contribution >= 4 is 29.0 Å². The van der Waals surface area contributed by atoms with Gasteiger partial charge in [0.2, 0.25) is 5.91 Å². The molecule has 0 bridgehead atoms. The molecular weight excluding hydrogens is 342 g/mol. The van der Waals surface area contributed by atoms with E-state index in [-0.39, 0.29) is 11.2 Å². The first-order valence-corrected chi connectivity index (χ1v) is 9.98. The average Bonchev–Trinajstić information content (AvgIpc) is 3.27. The van der Waals surface area contributed by atoms with Crippen LogP contribution in [0.1, 0.15) is 39.0 Å². The first-order valence-electron chi connectivity index (χ1n) is 8.22. The molecule has 7 heteroatoms. The molecule has 0 aromatic carbocycles. The first-order chi connectivity index (χ1) is 11.7. The molecule has 0 fully saturated rings. The molecule has 2 aromatic rings. The van der Waals surface area contributed by atoms with Crippen LogP contribution in [0, 0.1) is 0 Å². The van der Waals surface area contributed by atoms with Gasteiger partial charge in [0.05, 0.1) is 10.1 Å². The average molecular weight is 364 g/mol. The number of allylic oxidation sites excluding steroid dienone is 1. The molecule has 3 rings (SSSR count). The third-order valence-corrected chi connectivity index (χ3v) is 5.71. The summed E-state index contributed by atoms with van der Waals surface area (Å²) in [7, 11) is 0. The van der Waals surface area contributed by atoms with Crippen molar-refractivity contribution in [2.45, 2.75) is 49.5 Å². The van der Waals surface area contributed by atoms with Crippen LogP contribution >= 0.6 is 23.1 Å². The molecule has 0 spiro atoms. The Kier molecular flexibility index (Phi) is 6.09. The number of carbonyl (C=O) groups is 1. The van der Waals surface area contributed by atoms with Crippen molar-refractivity contribution in [1.29, 1.82) is 0 Å². The molecule has 0 saturated carbocycles. The standard InChI is InChI=1S/C17H21N3O2S2/c1-12(15(21)18-10-9-13-6-3-2-4-7-13)24-17-20-19-16(22-17)14-8-5-11-23-14/h5-6,8,11-12H,2-4,7,9-10H2,1H3,(H,18,21)/t12-/m1/s1. The molecule has 5 nitrogen and oxygen atoms in total. The zero-order chi connectivity index (χ0) is 16.8. The lowest BCUT2D eigenvalue weighted by Gasteiger charge is -2.14. The fraction of sp³-hybridized carbons (Fsp3) is 0.471. The molecular formula is C17H21N3O2S2. The monoisotopic (exact) mass is 363 g/mol. The van der Waals surface area contributed by atoms with Crippen molar-refractivity contribution in [3.63, 3.8) is 0 Å². The van der Waals surface area contributed by atoms with Gasteiger partial charge in [-0.25, -0.2) is 0 Å². The fourth-order valence-corrected chi connectivity index (χ4v) is 3.94. The van der Waals surface area contributed by atoms with E-state index in [1.807, 2.05) is 24.4 Å². The van der Waals surface area contributed by atoms with Crippen LogP contribution < -0.4 is 5.32 Å². The van der Waals surface area contributed by atoms with Crippen molar-refractivity contribution in [2.75, 3.05) is 6.54 Å². The second-order valence-electron chi connectivity index (χ2n) is 5.76. The molecule has 1 N–H and O–H groups in total.